The minimum absolute atomic E-state index is 0. The molecule has 16 heteroatoms. The van der Waals surface area contributed by atoms with E-state index in [1.54, 1.807) is 0 Å². The van der Waals surface area contributed by atoms with Crippen molar-refractivity contribution >= 4 is 29.8 Å². The maximum atomic E-state index is 9.25. The van der Waals surface area contributed by atoms with Crippen molar-refractivity contribution in [2.24, 2.45) is 0 Å². The van der Waals surface area contributed by atoms with Gasteiger partial charge < -0.3 is 25.5 Å². The van der Waals surface area contributed by atoms with E-state index in [1.807, 2.05) is 0 Å². The summed E-state index contributed by atoms with van der Waals surface area (Å²) in [4.78, 5) is 46.2. The molecule has 0 bridgehead atoms. The lowest BCUT2D eigenvalue weighted by Gasteiger charge is -1.64. The second-order valence-electron chi connectivity index (χ2n) is 2.71. The average Bonchev–Trinajstić information content (AvgIpc) is 2.56. The van der Waals surface area contributed by atoms with Crippen molar-refractivity contribution < 1.29 is 77.7 Å². The van der Waals surface area contributed by atoms with Gasteiger partial charge in [0.25, 0.3) is 0 Å². The summed E-state index contributed by atoms with van der Waals surface area (Å²) in [5.74, 6) is -4.91. The molecule has 0 fully saturated rings. The van der Waals surface area contributed by atoms with Crippen LogP contribution in [0.2, 0.25) is 0 Å². The lowest BCUT2D eigenvalue weighted by atomic mass is 10.7. The molecule has 31 heavy (non-hydrogen) atoms. The molecule has 10 nitrogen and oxygen atoms in total. The van der Waals surface area contributed by atoms with Gasteiger partial charge in [-0.05, 0) is 0 Å². The van der Waals surface area contributed by atoms with Gasteiger partial charge in [-0.2, -0.15) is 0 Å². The molecule has 0 aromatic heterocycles. The van der Waals surface area contributed by atoms with E-state index in [4.69, 9.17) is 25.5 Å². The van der Waals surface area contributed by atoms with Gasteiger partial charge in [-0.15, -0.1) is 0 Å². The highest BCUT2D eigenvalue weighted by atomic mass is 19.0. The van der Waals surface area contributed by atoms with Crippen LogP contribution >= 0.6 is 0 Å². The first-order chi connectivity index (χ1) is 11.4. The van der Waals surface area contributed by atoms with Gasteiger partial charge in [0.15, 0.2) is 0 Å². The van der Waals surface area contributed by atoms with Gasteiger partial charge in [0.2, 0.25) is 0 Å². The normalized spacial score (nSPS) is 5.16. The number of hydrogen-bond acceptors (Lipinski definition) is 5. The zero-order valence-corrected chi connectivity index (χ0v) is 15.6. The fraction of sp³-hybridized carbons (Fsp3) is 0. The van der Waals surface area contributed by atoms with Gasteiger partial charge in [0, 0.05) is 30.4 Å². The highest BCUT2D eigenvalue weighted by molar-refractivity contribution is 5.80. The van der Waals surface area contributed by atoms with E-state index in [9.17, 15) is 24.0 Å². The Kier molecular flexibility index (Phi) is 147. The highest BCUT2D eigenvalue weighted by Gasteiger charge is 1.75. The molecule has 0 aromatic rings. The van der Waals surface area contributed by atoms with Crippen molar-refractivity contribution in [1.29, 1.82) is 0 Å². The van der Waals surface area contributed by atoms with Crippen molar-refractivity contribution in [3.63, 3.8) is 0 Å². The van der Waals surface area contributed by atoms with Gasteiger partial charge in [-0.25, -0.2) is 24.0 Å². The SMILES string of the molecule is C=CC(=O)O.C=CC(=O)O.C=CC(=O)O.C=CC(=O)O.C=CC(=O)O.F.F.F.F.F.F. The number of halogens is 6. The molecular weight excluding hydrogens is 454 g/mol. The van der Waals surface area contributed by atoms with E-state index in [1.165, 1.54) is 0 Å². The Morgan fingerprint density at radius 3 is 0.387 bits per heavy atom. The molecule has 0 atom stereocenters. The van der Waals surface area contributed by atoms with E-state index in [0.29, 0.717) is 0 Å². The molecule has 0 saturated carbocycles. The number of hydrogen-bond donors (Lipinski definition) is 5. The Balaban J connectivity index is -0.0000000171. The first kappa shape index (κ1) is 71.6. The number of carboxylic acids is 5. The first-order valence-electron chi connectivity index (χ1n) is 5.62. The van der Waals surface area contributed by atoms with Crippen LogP contribution in [0.4, 0.5) is 28.2 Å². The summed E-state index contributed by atoms with van der Waals surface area (Å²) < 4.78 is 0. The molecule has 0 spiro atoms. The Bertz CT molecular complexity index is 406. The Hall–Kier alpha value is -4.37. The lowest BCUT2D eigenvalue weighted by molar-refractivity contribution is -0.132. The van der Waals surface area contributed by atoms with Crippen LogP contribution in [0.25, 0.3) is 0 Å². The predicted octanol–water partition coefficient (Wildman–Crippen LogP) is 2.20. The van der Waals surface area contributed by atoms with Crippen LogP contribution in [0.1, 0.15) is 0 Å². The summed E-state index contributed by atoms with van der Waals surface area (Å²) >= 11 is 0. The second-order valence-corrected chi connectivity index (χ2v) is 2.71. The second kappa shape index (κ2) is 63.6. The third-order valence-corrected chi connectivity index (χ3v) is 0.873. The molecule has 0 aliphatic heterocycles. The molecule has 0 aliphatic carbocycles. The maximum Gasteiger partial charge on any atom is 0.327 e. The first-order valence-corrected chi connectivity index (χ1v) is 5.62. The van der Waals surface area contributed by atoms with Crippen LogP contribution in [0.5, 0.6) is 0 Å². The van der Waals surface area contributed by atoms with Crippen molar-refractivity contribution in [3.8, 4) is 0 Å². The largest absolute Gasteiger partial charge is 0.478 e. The Labute approximate surface area is 172 Å². The van der Waals surface area contributed by atoms with Gasteiger partial charge in [-0.3, -0.25) is 28.2 Å². The zero-order chi connectivity index (χ0) is 21.4. The lowest BCUT2D eigenvalue weighted by Crippen LogP contribution is -1.82. The predicted molar refractivity (Wildman–Crippen MR) is 104 cm³/mol. The standard InChI is InChI=1S/5C3H4O2.6FH/c5*1-2-3(4)5;;;;;;/h5*2H,1H2,(H,4,5);6*1H. The van der Waals surface area contributed by atoms with Crippen LogP contribution in [-0.4, -0.2) is 55.4 Å². The van der Waals surface area contributed by atoms with Gasteiger partial charge in [-0.1, -0.05) is 32.9 Å². The van der Waals surface area contributed by atoms with Crippen LogP contribution in [0.15, 0.2) is 63.3 Å². The Morgan fingerprint density at radius 2 is 0.387 bits per heavy atom. The summed E-state index contributed by atoms with van der Waals surface area (Å²) in [6.45, 7) is 14.8. The van der Waals surface area contributed by atoms with Crippen molar-refractivity contribution in [2.45, 2.75) is 0 Å². The van der Waals surface area contributed by atoms with Crippen molar-refractivity contribution in [3.05, 3.63) is 63.3 Å². The molecule has 0 unspecified atom stereocenters. The molecule has 5 N–H and O–H groups in total. The molecule has 0 radical (unpaired) electrons. The summed E-state index contributed by atoms with van der Waals surface area (Å²) in [6, 6.07) is 0. The van der Waals surface area contributed by atoms with E-state index >= 15 is 0 Å². The topological polar surface area (TPSA) is 186 Å². The minimum Gasteiger partial charge on any atom is -0.478 e. The smallest absolute Gasteiger partial charge is 0.327 e. The highest BCUT2D eigenvalue weighted by Crippen LogP contribution is 1.56. The number of carboxylic acid groups (broad SMARTS) is 5. The van der Waals surface area contributed by atoms with Crippen molar-refractivity contribution in [1.82, 2.24) is 0 Å². The van der Waals surface area contributed by atoms with E-state index in [-0.39, 0.29) is 28.2 Å². The fourth-order valence-electron chi connectivity index (χ4n) is 0. The van der Waals surface area contributed by atoms with Crippen LogP contribution in [0, 0.1) is 0 Å². The van der Waals surface area contributed by atoms with E-state index in [0.717, 1.165) is 30.4 Å². The summed E-state index contributed by atoms with van der Waals surface area (Å²) in [6.07, 6.45) is 4.17. The fourth-order valence-corrected chi connectivity index (χ4v) is 0. The zero-order valence-electron chi connectivity index (χ0n) is 15.6. The van der Waals surface area contributed by atoms with Gasteiger partial charge in [0.1, 0.15) is 0 Å². The van der Waals surface area contributed by atoms with E-state index in [2.05, 4.69) is 32.9 Å². The van der Waals surface area contributed by atoms with Gasteiger partial charge in [0.05, 0.1) is 0 Å². The minimum atomic E-state index is -0.981. The summed E-state index contributed by atoms with van der Waals surface area (Å²) in [7, 11) is 0. The molecule has 188 valence electrons. The average molecular weight is 480 g/mol. The number of aliphatic carboxylic acids is 5. The molecule has 0 heterocycles. The molecule has 0 amide bonds. The molecule has 0 rings (SSSR count). The molecule has 0 saturated heterocycles. The van der Waals surface area contributed by atoms with Crippen LogP contribution in [0.3, 0.4) is 0 Å². The monoisotopic (exact) mass is 480 g/mol. The quantitative estimate of drug-likeness (QED) is 0.288. The Morgan fingerprint density at radius 1 is 0.355 bits per heavy atom. The molecule has 0 aliphatic rings. The molecule has 0 aromatic carbocycles. The van der Waals surface area contributed by atoms with Crippen molar-refractivity contribution in [2.75, 3.05) is 0 Å². The third-order valence-electron chi connectivity index (χ3n) is 0.873. The van der Waals surface area contributed by atoms with Crippen LogP contribution in [-0.2, 0) is 24.0 Å². The number of rotatable bonds is 5. The van der Waals surface area contributed by atoms with Crippen LogP contribution < -0.4 is 0 Å². The third kappa shape index (κ3) is 452. The summed E-state index contributed by atoms with van der Waals surface area (Å²) in [5, 5.41) is 38.0. The van der Waals surface area contributed by atoms with Gasteiger partial charge >= 0.3 is 29.8 Å². The summed E-state index contributed by atoms with van der Waals surface area (Å²) in [5.41, 5.74) is 0. The maximum absolute atomic E-state index is 9.25. The number of carbonyl (C=O) groups is 5. The molecular formula is C15H26F6O10. The van der Waals surface area contributed by atoms with E-state index < -0.39 is 29.8 Å².